The number of fused-ring (bicyclic) bond motifs is 1. The first kappa shape index (κ1) is 7.40. The van der Waals surface area contributed by atoms with E-state index in [1.807, 2.05) is 0 Å². The van der Waals surface area contributed by atoms with E-state index in [2.05, 4.69) is 4.98 Å². The van der Waals surface area contributed by atoms with Gasteiger partial charge in [-0.15, -0.1) is 0 Å². The summed E-state index contributed by atoms with van der Waals surface area (Å²) in [4.78, 5) is 14.9. The Hall–Kier alpha value is -1.25. The Morgan fingerprint density at radius 3 is 3.08 bits per heavy atom. The maximum atomic E-state index is 13.0. The van der Waals surface area contributed by atoms with Gasteiger partial charge in [0.25, 0.3) is 0 Å². The number of hydrogen-bond donors (Lipinski definition) is 0. The molecule has 0 saturated carbocycles. The van der Waals surface area contributed by atoms with E-state index in [0.717, 1.165) is 0 Å². The summed E-state index contributed by atoms with van der Waals surface area (Å²) in [7, 11) is 0. The van der Waals surface area contributed by atoms with Crippen LogP contribution >= 0.6 is 0 Å². The minimum atomic E-state index is -0.229. The Labute approximate surface area is 69.4 Å². The number of carbonyl (C=O) groups excluding carboxylic acids is 1. The molecule has 1 aromatic rings. The average Bonchev–Trinajstić information content (AvgIpc) is 2.04. The van der Waals surface area contributed by atoms with Crippen molar-refractivity contribution >= 4 is 5.78 Å². The van der Waals surface area contributed by atoms with Gasteiger partial charge in [-0.2, -0.15) is 0 Å². The van der Waals surface area contributed by atoms with Crippen molar-refractivity contribution in [1.82, 2.24) is 4.98 Å². The minimum Gasteiger partial charge on any atom is -0.299 e. The number of ketones is 1. The van der Waals surface area contributed by atoms with Gasteiger partial charge in [0.15, 0.2) is 0 Å². The molecular weight excluding hydrogens is 157 g/mol. The average molecular weight is 165 g/mol. The minimum absolute atomic E-state index is 0.153. The second kappa shape index (κ2) is 2.66. The Morgan fingerprint density at radius 1 is 1.42 bits per heavy atom. The summed E-state index contributed by atoms with van der Waals surface area (Å²) < 4.78 is 13.0. The van der Waals surface area contributed by atoms with Crippen LogP contribution in [0.4, 0.5) is 4.39 Å². The van der Waals surface area contributed by atoms with E-state index in [1.54, 1.807) is 0 Å². The Balaban J connectivity index is 2.48. The molecule has 0 spiro atoms. The lowest BCUT2D eigenvalue weighted by molar-refractivity contribution is -0.118. The van der Waals surface area contributed by atoms with Crippen molar-refractivity contribution in [2.45, 2.75) is 19.3 Å². The molecule has 2 rings (SSSR count). The Morgan fingerprint density at radius 2 is 2.25 bits per heavy atom. The van der Waals surface area contributed by atoms with E-state index in [-0.39, 0.29) is 11.6 Å². The fourth-order valence-corrected chi connectivity index (χ4v) is 1.46. The molecular formula is C9H8FNO. The van der Waals surface area contributed by atoms with Crippen molar-refractivity contribution in [3.63, 3.8) is 0 Å². The standard InChI is InChI=1S/C9H8FNO/c10-8-3-4-11-9-5-6(12)1-2-7(8)9/h3-4H,1-2,5H2. The van der Waals surface area contributed by atoms with E-state index < -0.39 is 0 Å². The van der Waals surface area contributed by atoms with E-state index in [1.165, 1.54) is 12.3 Å². The number of aromatic nitrogens is 1. The molecule has 0 saturated heterocycles. The Bertz CT molecular complexity index is 335. The van der Waals surface area contributed by atoms with Gasteiger partial charge >= 0.3 is 0 Å². The lowest BCUT2D eigenvalue weighted by Gasteiger charge is -2.13. The lowest BCUT2D eigenvalue weighted by atomic mass is 9.95. The van der Waals surface area contributed by atoms with Gasteiger partial charge in [-0.1, -0.05) is 0 Å². The van der Waals surface area contributed by atoms with Gasteiger partial charge in [0.05, 0.1) is 5.69 Å². The monoisotopic (exact) mass is 165 g/mol. The third kappa shape index (κ3) is 1.11. The molecule has 0 aromatic carbocycles. The first-order valence-corrected chi connectivity index (χ1v) is 3.91. The van der Waals surface area contributed by atoms with E-state index in [9.17, 15) is 9.18 Å². The summed E-state index contributed by atoms with van der Waals surface area (Å²) in [5, 5.41) is 0. The SMILES string of the molecule is O=C1CCc2c(F)ccnc2C1. The summed E-state index contributed by atoms with van der Waals surface area (Å²) in [6.45, 7) is 0. The van der Waals surface area contributed by atoms with Crippen LogP contribution in [-0.4, -0.2) is 10.8 Å². The van der Waals surface area contributed by atoms with Crippen molar-refractivity contribution in [2.24, 2.45) is 0 Å². The zero-order chi connectivity index (χ0) is 8.55. The first-order valence-electron chi connectivity index (χ1n) is 3.91. The fraction of sp³-hybridized carbons (Fsp3) is 0.333. The zero-order valence-corrected chi connectivity index (χ0v) is 6.51. The molecule has 62 valence electrons. The second-order valence-corrected chi connectivity index (χ2v) is 2.93. The molecule has 0 atom stereocenters. The number of Topliss-reactive ketones (excluding diaryl/α,β-unsaturated/α-hetero) is 1. The number of hydrogen-bond acceptors (Lipinski definition) is 2. The highest BCUT2D eigenvalue weighted by molar-refractivity contribution is 5.82. The van der Waals surface area contributed by atoms with Crippen molar-refractivity contribution in [3.05, 3.63) is 29.3 Å². The fourth-order valence-electron chi connectivity index (χ4n) is 1.46. The quantitative estimate of drug-likeness (QED) is 0.579. The third-order valence-electron chi connectivity index (χ3n) is 2.11. The summed E-state index contributed by atoms with van der Waals surface area (Å²) in [6.07, 6.45) is 2.67. The van der Waals surface area contributed by atoms with E-state index in [0.29, 0.717) is 30.5 Å². The van der Waals surface area contributed by atoms with Crippen LogP contribution in [0, 0.1) is 5.82 Å². The topological polar surface area (TPSA) is 30.0 Å². The molecule has 3 heteroatoms. The molecule has 1 heterocycles. The largest absolute Gasteiger partial charge is 0.299 e. The van der Waals surface area contributed by atoms with Crippen LogP contribution in [0.3, 0.4) is 0 Å². The molecule has 1 aliphatic rings. The van der Waals surface area contributed by atoms with Gasteiger partial charge in [-0.05, 0) is 12.5 Å². The van der Waals surface area contributed by atoms with Gasteiger partial charge in [-0.25, -0.2) is 4.39 Å². The molecule has 0 amide bonds. The van der Waals surface area contributed by atoms with Crippen LogP contribution in [0.5, 0.6) is 0 Å². The molecule has 0 bridgehead atoms. The third-order valence-corrected chi connectivity index (χ3v) is 2.11. The Kier molecular flexibility index (Phi) is 1.64. The van der Waals surface area contributed by atoms with Crippen LogP contribution in [0.25, 0.3) is 0 Å². The van der Waals surface area contributed by atoms with Gasteiger partial charge in [-0.3, -0.25) is 9.78 Å². The summed E-state index contributed by atoms with van der Waals surface area (Å²) in [5.74, 6) is -0.0758. The smallest absolute Gasteiger partial charge is 0.139 e. The molecule has 0 aliphatic heterocycles. The van der Waals surface area contributed by atoms with Crippen LogP contribution in [-0.2, 0) is 17.6 Å². The van der Waals surface area contributed by atoms with Gasteiger partial charge < -0.3 is 0 Å². The highest BCUT2D eigenvalue weighted by Gasteiger charge is 2.18. The molecule has 2 nitrogen and oxygen atoms in total. The first-order chi connectivity index (χ1) is 5.77. The van der Waals surface area contributed by atoms with E-state index >= 15 is 0 Å². The van der Waals surface area contributed by atoms with Crippen LogP contribution in [0.15, 0.2) is 12.3 Å². The van der Waals surface area contributed by atoms with Gasteiger partial charge in [0.1, 0.15) is 11.6 Å². The summed E-state index contributed by atoms with van der Waals surface area (Å²) in [6, 6.07) is 1.34. The molecule has 1 aromatic heterocycles. The number of carbonyl (C=O) groups is 1. The predicted octanol–water partition coefficient (Wildman–Crippen LogP) is 1.28. The maximum Gasteiger partial charge on any atom is 0.139 e. The molecule has 1 aliphatic carbocycles. The van der Waals surface area contributed by atoms with Crippen LogP contribution in [0.2, 0.25) is 0 Å². The van der Waals surface area contributed by atoms with Crippen molar-refractivity contribution in [3.8, 4) is 0 Å². The second-order valence-electron chi connectivity index (χ2n) is 2.93. The summed E-state index contributed by atoms with van der Waals surface area (Å²) in [5.41, 5.74) is 1.24. The van der Waals surface area contributed by atoms with E-state index in [4.69, 9.17) is 0 Å². The molecule has 0 fully saturated rings. The normalized spacial score (nSPS) is 15.9. The van der Waals surface area contributed by atoms with Crippen molar-refractivity contribution in [2.75, 3.05) is 0 Å². The van der Waals surface area contributed by atoms with Gasteiger partial charge in [0.2, 0.25) is 0 Å². The number of rotatable bonds is 0. The number of halogens is 1. The van der Waals surface area contributed by atoms with Crippen LogP contribution < -0.4 is 0 Å². The molecule has 0 N–H and O–H groups in total. The molecule has 12 heavy (non-hydrogen) atoms. The predicted molar refractivity (Wildman–Crippen MR) is 41.2 cm³/mol. The molecule has 0 radical (unpaired) electrons. The van der Waals surface area contributed by atoms with Crippen molar-refractivity contribution < 1.29 is 9.18 Å². The molecule has 0 unspecified atom stereocenters. The number of nitrogens with zero attached hydrogens (tertiary/aromatic N) is 1. The zero-order valence-electron chi connectivity index (χ0n) is 6.51. The lowest BCUT2D eigenvalue weighted by Crippen LogP contribution is -2.16. The highest BCUT2D eigenvalue weighted by atomic mass is 19.1. The summed E-state index contributed by atoms with van der Waals surface area (Å²) >= 11 is 0. The highest BCUT2D eigenvalue weighted by Crippen LogP contribution is 2.19. The maximum absolute atomic E-state index is 13.0. The van der Waals surface area contributed by atoms with Gasteiger partial charge in [0, 0.05) is 24.6 Å². The van der Waals surface area contributed by atoms with Crippen molar-refractivity contribution in [1.29, 1.82) is 0 Å². The van der Waals surface area contributed by atoms with Crippen LogP contribution in [0.1, 0.15) is 17.7 Å². The number of pyridine rings is 1.